The molecule has 0 bridgehead atoms. The lowest BCUT2D eigenvalue weighted by Gasteiger charge is -2.34. The van der Waals surface area contributed by atoms with Crippen molar-refractivity contribution in [3.05, 3.63) is 39.9 Å². The molecule has 0 aliphatic heterocycles. The Hall–Kier alpha value is -2.64. The second-order valence-corrected chi connectivity index (χ2v) is 7.05. The van der Waals surface area contributed by atoms with Crippen LogP contribution in [-0.4, -0.2) is 35.2 Å². The Balaban J connectivity index is 1.70. The zero-order valence-electron chi connectivity index (χ0n) is 14.5. The van der Waals surface area contributed by atoms with Gasteiger partial charge in [-0.1, -0.05) is 0 Å². The van der Waals surface area contributed by atoms with E-state index in [1.807, 2.05) is 0 Å². The zero-order valence-corrected chi connectivity index (χ0v) is 14.5. The van der Waals surface area contributed by atoms with E-state index in [2.05, 4.69) is 5.32 Å². The van der Waals surface area contributed by atoms with Crippen LogP contribution in [0.5, 0.6) is 0 Å². The topological polar surface area (TPSA) is 108 Å². The Morgan fingerprint density at radius 2 is 1.84 bits per heavy atom. The van der Waals surface area contributed by atoms with Crippen LogP contribution in [0, 0.1) is 16.0 Å². The van der Waals surface area contributed by atoms with Crippen molar-refractivity contribution in [1.29, 1.82) is 0 Å². The zero-order chi connectivity index (χ0) is 18.6. The maximum atomic E-state index is 12.0. The minimum Gasteiger partial charge on any atom is -0.459 e. The third-order valence-electron chi connectivity index (χ3n) is 3.71. The number of carbonyl (C=O) groups is 2. The number of hydrogen-bond acceptors (Lipinski definition) is 6. The van der Waals surface area contributed by atoms with Crippen molar-refractivity contribution in [2.75, 3.05) is 6.54 Å². The van der Waals surface area contributed by atoms with Crippen LogP contribution in [0.15, 0.2) is 24.3 Å². The summed E-state index contributed by atoms with van der Waals surface area (Å²) < 4.78 is 10.5. The van der Waals surface area contributed by atoms with E-state index in [0.29, 0.717) is 19.4 Å². The minimum atomic E-state index is -0.535. The average Bonchev–Trinajstić information content (AvgIpc) is 2.47. The molecule has 1 aromatic carbocycles. The molecule has 1 N–H and O–H groups in total. The van der Waals surface area contributed by atoms with Gasteiger partial charge in [-0.3, -0.25) is 10.1 Å². The van der Waals surface area contributed by atoms with Gasteiger partial charge in [0.1, 0.15) is 11.7 Å². The van der Waals surface area contributed by atoms with Gasteiger partial charge in [0, 0.05) is 18.7 Å². The van der Waals surface area contributed by atoms with Crippen LogP contribution in [0.2, 0.25) is 0 Å². The summed E-state index contributed by atoms with van der Waals surface area (Å²) in [6.45, 7) is 5.86. The van der Waals surface area contributed by atoms with Gasteiger partial charge in [-0.25, -0.2) is 9.59 Å². The molecule has 1 fully saturated rings. The van der Waals surface area contributed by atoms with E-state index in [4.69, 9.17) is 9.47 Å². The lowest BCUT2D eigenvalue weighted by molar-refractivity contribution is -0.384. The van der Waals surface area contributed by atoms with Gasteiger partial charge in [-0.2, -0.15) is 0 Å². The number of benzene rings is 1. The summed E-state index contributed by atoms with van der Waals surface area (Å²) in [7, 11) is 0. The molecule has 1 aromatic rings. The average molecular weight is 350 g/mol. The minimum absolute atomic E-state index is 0.0755. The van der Waals surface area contributed by atoms with Crippen LogP contribution in [-0.2, 0) is 9.47 Å². The van der Waals surface area contributed by atoms with E-state index in [1.165, 1.54) is 24.3 Å². The molecule has 1 aliphatic carbocycles. The van der Waals surface area contributed by atoms with Crippen molar-refractivity contribution >= 4 is 17.7 Å². The molecular weight excluding hydrogens is 328 g/mol. The number of ether oxygens (including phenoxy) is 2. The highest BCUT2D eigenvalue weighted by Gasteiger charge is 2.33. The van der Waals surface area contributed by atoms with Crippen LogP contribution in [0.1, 0.15) is 44.0 Å². The molecule has 0 heterocycles. The van der Waals surface area contributed by atoms with Gasteiger partial charge in [0.25, 0.3) is 5.69 Å². The first kappa shape index (κ1) is 18.7. The molecular formula is C17H22N2O6. The van der Waals surface area contributed by atoms with Crippen LogP contribution in [0.3, 0.4) is 0 Å². The SMILES string of the molecule is CC(C)(C)OC(=O)NC[C@H]1C[C@H](OC(=O)c2ccc([N+](=O)[O-])cc2)C1. The molecule has 25 heavy (non-hydrogen) atoms. The summed E-state index contributed by atoms with van der Waals surface area (Å²) in [6.07, 6.45) is 0.662. The van der Waals surface area contributed by atoms with E-state index >= 15 is 0 Å². The molecule has 1 saturated carbocycles. The molecule has 1 amide bonds. The summed E-state index contributed by atoms with van der Waals surface area (Å²) >= 11 is 0. The summed E-state index contributed by atoms with van der Waals surface area (Å²) in [5.41, 5.74) is -0.332. The van der Waals surface area contributed by atoms with E-state index in [9.17, 15) is 19.7 Å². The highest BCUT2D eigenvalue weighted by atomic mass is 16.6. The number of esters is 1. The monoisotopic (exact) mass is 350 g/mol. The van der Waals surface area contributed by atoms with E-state index < -0.39 is 22.6 Å². The van der Waals surface area contributed by atoms with Gasteiger partial charge in [0.15, 0.2) is 0 Å². The number of carbonyl (C=O) groups excluding carboxylic acids is 2. The van der Waals surface area contributed by atoms with Gasteiger partial charge in [0.2, 0.25) is 0 Å². The van der Waals surface area contributed by atoms with Crippen molar-refractivity contribution < 1.29 is 24.0 Å². The lowest BCUT2D eigenvalue weighted by atomic mass is 9.82. The third-order valence-corrected chi connectivity index (χ3v) is 3.71. The van der Waals surface area contributed by atoms with Gasteiger partial charge < -0.3 is 14.8 Å². The fraction of sp³-hybridized carbons (Fsp3) is 0.529. The van der Waals surface area contributed by atoms with Gasteiger partial charge in [-0.15, -0.1) is 0 Å². The standard InChI is InChI=1S/C17H22N2O6/c1-17(2,3)25-16(21)18-10-11-8-14(9-11)24-15(20)12-4-6-13(7-5-12)19(22)23/h4-7,11,14H,8-10H2,1-3H3,(H,18,21)/t11-,14-. The molecule has 8 nitrogen and oxygen atoms in total. The Bertz CT molecular complexity index is 644. The fourth-order valence-corrected chi connectivity index (χ4v) is 2.42. The second-order valence-electron chi connectivity index (χ2n) is 7.05. The highest BCUT2D eigenvalue weighted by Crippen LogP contribution is 2.30. The van der Waals surface area contributed by atoms with Crippen molar-refractivity contribution in [2.45, 2.75) is 45.3 Å². The first-order valence-corrected chi connectivity index (χ1v) is 8.06. The number of nitrogens with zero attached hydrogens (tertiary/aromatic N) is 1. The number of alkyl carbamates (subject to hydrolysis) is 1. The molecule has 0 atom stereocenters. The molecule has 0 saturated heterocycles. The summed E-state index contributed by atoms with van der Waals surface area (Å²) in [5, 5.41) is 13.3. The first-order chi connectivity index (χ1) is 11.6. The van der Waals surface area contributed by atoms with Crippen LogP contribution in [0.4, 0.5) is 10.5 Å². The number of rotatable bonds is 5. The molecule has 0 unspecified atom stereocenters. The highest BCUT2D eigenvalue weighted by molar-refractivity contribution is 5.89. The lowest BCUT2D eigenvalue weighted by Crippen LogP contribution is -2.42. The smallest absolute Gasteiger partial charge is 0.407 e. The number of non-ortho nitro benzene ring substituents is 1. The Kier molecular flexibility index (Phi) is 5.61. The van der Waals surface area contributed by atoms with E-state index in [1.54, 1.807) is 20.8 Å². The number of nitrogens with one attached hydrogen (secondary N) is 1. The molecule has 136 valence electrons. The quantitative estimate of drug-likeness (QED) is 0.497. The summed E-state index contributed by atoms with van der Waals surface area (Å²) in [6, 6.07) is 5.29. The van der Waals surface area contributed by atoms with Crippen LogP contribution in [0.25, 0.3) is 0 Å². The second kappa shape index (κ2) is 7.50. The largest absolute Gasteiger partial charge is 0.459 e. The van der Waals surface area contributed by atoms with Gasteiger partial charge in [0.05, 0.1) is 10.5 Å². The van der Waals surface area contributed by atoms with Crippen LogP contribution >= 0.6 is 0 Å². The van der Waals surface area contributed by atoms with Crippen molar-refractivity contribution in [1.82, 2.24) is 5.32 Å². The first-order valence-electron chi connectivity index (χ1n) is 8.06. The third kappa shape index (κ3) is 5.74. The van der Waals surface area contributed by atoms with Crippen molar-refractivity contribution in [3.8, 4) is 0 Å². The number of hydrogen-bond donors (Lipinski definition) is 1. The Labute approximate surface area is 145 Å². The molecule has 0 radical (unpaired) electrons. The number of nitro groups is 1. The van der Waals surface area contributed by atoms with E-state index in [0.717, 1.165) is 0 Å². The Morgan fingerprint density at radius 1 is 1.24 bits per heavy atom. The van der Waals surface area contributed by atoms with Crippen LogP contribution < -0.4 is 5.32 Å². The summed E-state index contributed by atoms with van der Waals surface area (Å²) in [5.74, 6) is -0.263. The van der Waals surface area contributed by atoms with Crippen molar-refractivity contribution in [3.63, 3.8) is 0 Å². The molecule has 1 aliphatic rings. The normalized spacial score (nSPS) is 19.5. The number of amides is 1. The molecule has 0 spiro atoms. The maximum absolute atomic E-state index is 12.0. The molecule has 8 heteroatoms. The van der Waals surface area contributed by atoms with E-state index in [-0.39, 0.29) is 23.3 Å². The predicted molar refractivity (Wildman–Crippen MR) is 89.3 cm³/mol. The van der Waals surface area contributed by atoms with Crippen molar-refractivity contribution in [2.24, 2.45) is 5.92 Å². The van der Waals surface area contributed by atoms with Gasteiger partial charge in [-0.05, 0) is 51.7 Å². The number of nitro benzene ring substituents is 1. The van der Waals surface area contributed by atoms with Gasteiger partial charge >= 0.3 is 12.1 Å². The molecule has 2 rings (SSSR count). The molecule has 0 aromatic heterocycles. The fourth-order valence-electron chi connectivity index (χ4n) is 2.42. The predicted octanol–water partition coefficient (Wildman–Crippen LogP) is 3.05. The maximum Gasteiger partial charge on any atom is 0.407 e. The summed E-state index contributed by atoms with van der Waals surface area (Å²) in [4.78, 5) is 33.6. The Morgan fingerprint density at radius 3 is 2.36 bits per heavy atom.